The van der Waals surface area contributed by atoms with Gasteiger partial charge in [0.2, 0.25) is 0 Å². The zero-order valence-electron chi connectivity index (χ0n) is 23.1. The van der Waals surface area contributed by atoms with Crippen LogP contribution in [0.4, 0.5) is 0 Å². The fourth-order valence-electron chi connectivity index (χ4n) is 11.7. The van der Waals surface area contributed by atoms with Crippen molar-refractivity contribution in [3.05, 3.63) is 0 Å². The number of rotatable bonds is 1. The summed E-state index contributed by atoms with van der Waals surface area (Å²) in [5.74, 6) is 3.40. The van der Waals surface area contributed by atoms with Crippen molar-refractivity contribution in [1.29, 1.82) is 0 Å². The summed E-state index contributed by atoms with van der Waals surface area (Å²) >= 11 is 0. The Morgan fingerprint density at radius 1 is 0.594 bits per heavy atom. The molecule has 0 N–H and O–H groups in total. The van der Waals surface area contributed by atoms with Gasteiger partial charge in [-0.1, -0.05) is 55.4 Å². The molecule has 5 fully saturated rings. The van der Waals surface area contributed by atoms with Gasteiger partial charge < -0.3 is 4.74 Å². The maximum absolute atomic E-state index is 6.00. The van der Waals surface area contributed by atoms with E-state index in [2.05, 4.69) is 55.4 Å². The Morgan fingerprint density at radius 2 is 1.22 bits per heavy atom. The molecule has 1 nitrogen and oxygen atoms in total. The minimum Gasteiger partial charge on any atom is -0.381 e. The van der Waals surface area contributed by atoms with Crippen LogP contribution in [-0.4, -0.2) is 13.2 Å². The average molecular weight is 443 g/mol. The molecule has 184 valence electrons. The van der Waals surface area contributed by atoms with Crippen molar-refractivity contribution in [2.75, 3.05) is 7.11 Å². The lowest BCUT2D eigenvalue weighted by molar-refractivity contribution is -0.263. The summed E-state index contributed by atoms with van der Waals surface area (Å²) in [5.41, 5.74) is 3.14. The van der Waals surface area contributed by atoms with Crippen LogP contribution in [0.3, 0.4) is 0 Å². The van der Waals surface area contributed by atoms with Crippen LogP contribution in [0.15, 0.2) is 0 Å². The zero-order chi connectivity index (χ0) is 23.4. The summed E-state index contributed by atoms with van der Waals surface area (Å²) in [4.78, 5) is 0. The minimum absolute atomic E-state index is 0.463. The monoisotopic (exact) mass is 442 g/mol. The lowest BCUT2D eigenvalue weighted by Gasteiger charge is -2.75. The molecule has 5 aliphatic carbocycles. The number of methoxy groups -OCH3 is 1. The van der Waals surface area contributed by atoms with Gasteiger partial charge in [-0.15, -0.1) is 0 Å². The van der Waals surface area contributed by atoms with Crippen LogP contribution in [-0.2, 0) is 4.74 Å². The van der Waals surface area contributed by atoms with E-state index in [0.717, 1.165) is 17.8 Å². The molecule has 0 aromatic rings. The summed E-state index contributed by atoms with van der Waals surface area (Å²) < 4.78 is 6.00. The second kappa shape index (κ2) is 7.01. The van der Waals surface area contributed by atoms with E-state index >= 15 is 0 Å². The summed E-state index contributed by atoms with van der Waals surface area (Å²) in [6.45, 7) is 21.4. The van der Waals surface area contributed by atoms with Crippen molar-refractivity contribution in [3.8, 4) is 0 Å². The Morgan fingerprint density at radius 3 is 1.91 bits per heavy atom. The number of fused-ring (bicyclic) bond motifs is 7. The van der Waals surface area contributed by atoms with E-state index in [-0.39, 0.29) is 0 Å². The van der Waals surface area contributed by atoms with E-state index in [1.165, 1.54) is 70.6 Å². The molecule has 0 aromatic heterocycles. The Balaban J connectivity index is 1.52. The first-order valence-electron chi connectivity index (χ1n) is 14.3. The molecule has 32 heavy (non-hydrogen) atoms. The van der Waals surface area contributed by atoms with Crippen molar-refractivity contribution in [2.45, 2.75) is 132 Å². The van der Waals surface area contributed by atoms with Crippen molar-refractivity contribution >= 4 is 0 Å². The van der Waals surface area contributed by atoms with E-state index in [9.17, 15) is 0 Å². The van der Waals surface area contributed by atoms with E-state index in [0.29, 0.717) is 44.5 Å². The van der Waals surface area contributed by atoms with Gasteiger partial charge in [0.15, 0.2) is 0 Å². The maximum Gasteiger partial charge on any atom is 0.0602 e. The van der Waals surface area contributed by atoms with Gasteiger partial charge in [0.25, 0.3) is 0 Å². The summed E-state index contributed by atoms with van der Waals surface area (Å²) in [6.07, 6.45) is 16.3. The van der Waals surface area contributed by atoms with Crippen LogP contribution >= 0.6 is 0 Å². The molecule has 0 aliphatic heterocycles. The van der Waals surface area contributed by atoms with Gasteiger partial charge in [0.1, 0.15) is 0 Å². The van der Waals surface area contributed by atoms with Crippen LogP contribution in [0.5, 0.6) is 0 Å². The highest BCUT2D eigenvalue weighted by Crippen LogP contribution is 2.78. The molecule has 0 aromatic carbocycles. The van der Waals surface area contributed by atoms with E-state index in [4.69, 9.17) is 4.74 Å². The van der Waals surface area contributed by atoms with Crippen molar-refractivity contribution in [1.82, 2.24) is 0 Å². The maximum atomic E-state index is 6.00. The third-order valence-corrected chi connectivity index (χ3v) is 14.2. The highest BCUT2D eigenvalue weighted by Gasteiger charge is 2.70. The standard InChI is InChI=1S/C31H54O/c1-21-22(32-9)10-11-23-28(21,5)13-12-24-29(23,6)17-19-31(8)25-20-26(2,3)14-15-27(25,4)16-18-30(24,31)7/h21-25H,10-20H2,1-9H3/t21-,22-,23?,24?,25?,27+,28+,29-,30+,31-/m0/s1. The average Bonchev–Trinajstić information content (AvgIpc) is 2.72. The third kappa shape index (κ3) is 2.85. The van der Waals surface area contributed by atoms with Crippen molar-refractivity contribution in [3.63, 3.8) is 0 Å². The van der Waals surface area contributed by atoms with E-state index < -0.39 is 0 Å². The van der Waals surface area contributed by atoms with Crippen molar-refractivity contribution in [2.24, 2.45) is 56.2 Å². The molecule has 5 saturated carbocycles. The fraction of sp³-hybridized carbons (Fsp3) is 1.00. The molecule has 0 heterocycles. The van der Waals surface area contributed by atoms with Crippen LogP contribution in [0.1, 0.15) is 126 Å². The summed E-state index contributed by atoms with van der Waals surface area (Å²) in [6, 6.07) is 0. The molecule has 10 atom stereocenters. The van der Waals surface area contributed by atoms with Gasteiger partial charge in [0.05, 0.1) is 6.10 Å². The van der Waals surface area contributed by atoms with Crippen molar-refractivity contribution < 1.29 is 4.74 Å². The lowest BCUT2D eigenvalue weighted by Crippen LogP contribution is -2.68. The molecule has 0 amide bonds. The quantitative estimate of drug-likeness (QED) is 0.394. The van der Waals surface area contributed by atoms with E-state index in [1.54, 1.807) is 0 Å². The topological polar surface area (TPSA) is 9.23 Å². The molecule has 0 spiro atoms. The number of ether oxygens (including phenoxy) is 1. The molecule has 0 bridgehead atoms. The highest BCUT2D eigenvalue weighted by molar-refractivity contribution is 5.19. The largest absolute Gasteiger partial charge is 0.381 e. The molecular formula is C31H54O. The molecule has 1 heteroatoms. The molecule has 0 saturated heterocycles. The van der Waals surface area contributed by atoms with Crippen LogP contribution in [0, 0.1) is 56.2 Å². The smallest absolute Gasteiger partial charge is 0.0602 e. The zero-order valence-corrected chi connectivity index (χ0v) is 23.1. The molecule has 5 rings (SSSR count). The Hall–Kier alpha value is -0.0400. The first kappa shape index (κ1) is 23.7. The van der Waals surface area contributed by atoms with Gasteiger partial charge in [-0.25, -0.2) is 0 Å². The van der Waals surface area contributed by atoms with Crippen LogP contribution < -0.4 is 0 Å². The SMILES string of the molecule is CO[C@H]1CCC2[C@]3(C)CC[C@@]4(C)C5CC(C)(C)CC[C@]5(C)CC[C@]4(C)C3CC[C@]2(C)[C@H]1C. The fourth-order valence-corrected chi connectivity index (χ4v) is 11.7. The van der Waals surface area contributed by atoms with Gasteiger partial charge in [-0.3, -0.25) is 0 Å². The normalized spacial score (nSPS) is 59.3. The Bertz CT molecular complexity index is 756. The molecule has 3 unspecified atom stereocenters. The number of hydrogen-bond donors (Lipinski definition) is 0. The second-order valence-electron chi connectivity index (χ2n) is 15.7. The van der Waals surface area contributed by atoms with Gasteiger partial charge >= 0.3 is 0 Å². The van der Waals surface area contributed by atoms with Crippen LogP contribution in [0.2, 0.25) is 0 Å². The predicted octanol–water partition coefficient (Wildman–Crippen LogP) is 8.90. The first-order chi connectivity index (χ1) is 14.8. The Kier molecular flexibility index (Phi) is 5.19. The van der Waals surface area contributed by atoms with Gasteiger partial charge in [-0.05, 0) is 127 Å². The van der Waals surface area contributed by atoms with Crippen LogP contribution in [0.25, 0.3) is 0 Å². The lowest BCUT2D eigenvalue weighted by atomic mass is 9.30. The molecule has 5 aliphatic rings. The van der Waals surface area contributed by atoms with Gasteiger partial charge in [-0.2, -0.15) is 0 Å². The summed E-state index contributed by atoms with van der Waals surface area (Å²) in [5, 5.41) is 0. The third-order valence-electron chi connectivity index (χ3n) is 14.2. The first-order valence-corrected chi connectivity index (χ1v) is 14.3. The Labute approximate surface area is 200 Å². The molecular weight excluding hydrogens is 388 g/mol. The summed E-state index contributed by atoms with van der Waals surface area (Å²) in [7, 11) is 1.95. The minimum atomic E-state index is 0.463. The van der Waals surface area contributed by atoms with Gasteiger partial charge in [0, 0.05) is 7.11 Å². The van der Waals surface area contributed by atoms with E-state index in [1.807, 2.05) is 7.11 Å². The number of hydrogen-bond acceptors (Lipinski definition) is 1. The predicted molar refractivity (Wildman–Crippen MR) is 136 cm³/mol. The molecule has 0 radical (unpaired) electrons. The highest BCUT2D eigenvalue weighted by atomic mass is 16.5. The second-order valence-corrected chi connectivity index (χ2v) is 15.7.